The molecule has 4 nitrogen and oxygen atoms in total. The molecule has 0 heterocycles. The topological polar surface area (TPSA) is 54.5 Å². The fourth-order valence-corrected chi connectivity index (χ4v) is 3.20. The largest absolute Gasteiger partial charge is 0.274 e. The number of benzene rings is 2. The van der Waals surface area contributed by atoms with E-state index >= 15 is 0 Å². The first kappa shape index (κ1) is 13.3. The van der Waals surface area contributed by atoms with Crippen LogP contribution in [0.4, 0.5) is 5.69 Å². The Balaban J connectivity index is 2.55. The number of amides is 1. The molecule has 1 amide bonds. The van der Waals surface area contributed by atoms with Crippen molar-refractivity contribution >= 4 is 21.6 Å². The molecule has 0 bridgehead atoms. The van der Waals surface area contributed by atoms with Crippen LogP contribution in [0.3, 0.4) is 0 Å². The van der Waals surface area contributed by atoms with Crippen molar-refractivity contribution in [2.24, 2.45) is 0 Å². The van der Waals surface area contributed by atoms with Crippen LogP contribution in [0.25, 0.3) is 0 Å². The Morgan fingerprint density at radius 1 is 0.895 bits per heavy atom. The van der Waals surface area contributed by atoms with Crippen LogP contribution in [0.15, 0.2) is 65.6 Å². The second-order valence-electron chi connectivity index (χ2n) is 3.94. The first-order valence-corrected chi connectivity index (χ1v) is 7.13. The number of nitrogens with zero attached hydrogens (tertiary/aromatic N) is 1. The predicted octanol–water partition coefficient (Wildman–Crippen LogP) is 2.43. The molecule has 5 heteroatoms. The molecule has 2 aromatic carbocycles. The Morgan fingerprint density at radius 3 is 1.84 bits per heavy atom. The molecule has 0 saturated heterocycles. The molecule has 2 aromatic rings. The molecule has 0 atom stereocenters. The molecular weight excluding hydrogens is 262 g/mol. The molecule has 0 N–H and O–H groups in total. The van der Waals surface area contributed by atoms with Gasteiger partial charge >= 0.3 is 0 Å². The summed E-state index contributed by atoms with van der Waals surface area (Å²) in [7, 11) is -3.87. The van der Waals surface area contributed by atoms with E-state index in [4.69, 9.17) is 0 Å². The summed E-state index contributed by atoms with van der Waals surface area (Å²) in [6, 6.07) is 16.2. The average Bonchev–Trinajstić information content (AvgIpc) is 2.40. The fraction of sp³-hybridized carbons (Fsp3) is 0.0714. The number of rotatable bonds is 3. The third-order valence-electron chi connectivity index (χ3n) is 2.56. The third-order valence-corrected chi connectivity index (χ3v) is 4.37. The van der Waals surface area contributed by atoms with Crippen molar-refractivity contribution in [1.82, 2.24) is 0 Å². The normalized spacial score (nSPS) is 11.0. The molecule has 19 heavy (non-hydrogen) atoms. The SMILES string of the molecule is CC(=O)N(c1ccccc1)S(=O)(=O)c1ccccc1. The van der Waals surface area contributed by atoms with Crippen molar-refractivity contribution in [2.45, 2.75) is 11.8 Å². The maximum Gasteiger partial charge on any atom is 0.270 e. The number of para-hydroxylation sites is 1. The number of sulfonamides is 1. The summed E-state index contributed by atoms with van der Waals surface area (Å²) in [5.41, 5.74) is 0.332. The molecule has 0 unspecified atom stereocenters. The average molecular weight is 275 g/mol. The van der Waals surface area contributed by atoms with Crippen molar-refractivity contribution in [3.05, 3.63) is 60.7 Å². The maximum absolute atomic E-state index is 12.5. The van der Waals surface area contributed by atoms with Crippen LogP contribution in [-0.2, 0) is 14.8 Å². The Labute approximate surface area is 112 Å². The van der Waals surface area contributed by atoms with Gasteiger partial charge in [0, 0.05) is 6.92 Å². The monoisotopic (exact) mass is 275 g/mol. The number of hydrogen-bond donors (Lipinski definition) is 0. The molecule has 98 valence electrons. The van der Waals surface area contributed by atoms with Crippen molar-refractivity contribution in [1.29, 1.82) is 0 Å². The van der Waals surface area contributed by atoms with E-state index in [2.05, 4.69) is 0 Å². The highest BCUT2D eigenvalue weighted by molar-refractivity contribution is 7.93. The smallest absolute Gasteiger partial charge is 0.270 e. The molecule has 0 aliphatic rings. The highest BCUT2D eigenvalue weighted by atomic mass is 32.2. The minimum atomic E-state index is -3.87. The highest BCUT2D eigenvalue weighted by Gasteiger charge is 2.28. The van der Waals surface area contributed by atoms with Gasteiger partial charge in [0.2, 0.25) is 5.91 Å². The van der Waals surface area contributed by atoms with Gasteiger partial charge in [0.1, 0.15) is 0 Å². The lowest BCUT2D eigenvalue weighted by molar-refractivity contribution is -0.115. The molecule has 0 radical (unpaired) electrons. The van der Waals surface area contributed by atoms with E-state index in [9.17, 15) is 13.2 Å². The van der Waals surface area contributed by atoms with Crippen molar-refractivity contribution in [3.63, 3.8) is 0 Å². The molecule has 0 aromatic heterocycles. The van der Waals surface area contributed by atoms with E-state index < -0.39 is 15.9 Å². The number of anilines is 1. The zero-order valence-electron chi connectivity index (χ0n) is 10.4. The van der Waals surface area contributed by atoms with Gasteiger partial charge in [-0.25, -0.2) is 12.7 Å². The quantitative estimate of drug-likeness (QED) is 0.864. The summed E-state index contributed by atoms with van der Waals surface area (Å²) in [6.07, 6.45) is 0. The lowest BCUT2D eigenvalue weighted by atomic mass is 10.3. The second-order valence-corrected chi connectivity index (χ2v) is 5.72. The maximum atomic E-state index is 12.5. The van der Waals surface area contributed by atoms with Gasteiger partial charge in [-0.05, 0) is 24.3 Å². The second kappa shape index (κ2) is 5.24. The fourth-order valence-electron chi connectivity index (χ4n) is 1.75. The highest BCUT2D eigenvalue weighted by Crippen LogP contribution is 2.23. The van der Waals surface area contributed by atoms with Crippen LogP contribution >= 0.6 is 0 Å². The molecule has 0 fully saturated rings. The summed E-state index contributed by atoms with van der Waals surface area (Å²) in [4.78, 5) is 11.8. The minimum absolute atomic E-state index is 0.0917. The molecule has 2 rings (SSSR count). The number of carbonyl (C=O) groups excluding carboxylic acids is 1. The summed E-state index contributed by atoms with van der Waals surface area (Å²) in [5.74, 6) is -0.546. The van der Waals surface area contributed by atoms with Crippen LogP contribution in [0.5, 0.6) is 0 Å². The Hall–Kier alpha value is -2.14. The van der Waals surface area contributed by atoms with Gasteiger partial charge in [0.15, 0.2) is 0 Å². The van der Waals surface area contributed by atoms with Crippen LogP contribution in [0.2, 0.25) is 0 Å². The number of carbonyl (C=O) groups is 1. The van der Waals surface area contributed by atoms with Gasteiger partial charge in [-0.2, -0.15) is 0 Å². The minimum Gasteiger partial charge on any atom is -0.274 e. The Morgan fingerprint density at radius 2 is 1.37 bits per heavy atom. The predicted molar refractivity (Wildman–Crippen MR) is 73.2 cm³/mol. The van der Waals surface area contributed by atoms with Gasteiger partial charge in [-0.1, -0.05) is 36.4 Å². The first-order valence-electron chi connectivity index (χ1n) is 5.69. The summed E-state index contributed by atoms with van der Waals surface area (Å²) in [5, 5.41) is 0. The lowest BCUT2D eigenvalue weighted by Gasteiger charge is -2.20. The standard InChI is InChI=1S/C14H13NO3S/c1-12(16)15(13-8-4-2-5-9-13)19(17,18)14-10-6-3-7-11-14/h2-11H,1H3. The zero-order chi connectivity index (χ0) is 13.9. The van der Waals surface area contributed by atoms with E-state index in [0.29, 0.717) is 5.69 Å². The van der Waals surface area contributed by atoms with Crippen LogP contribution in [0.1, 0.15) is 6.92 Å². The van der Waals surface area contributed by atoms with Crippen LogP contribution in [-0.4, -0.2) is 14.3 Å². The van der Waals surface area contributed by atoms with Gasteiger partial charge in [-0.3, -0.25) is 4.79 Å². The van der Waals surface area contributed by atoms with Crippen LogP contribution in [0, 0.1) is 0 Å². The molecule has 0 aliphatic carbocycles. The Kier molecular flexibility index (Phi) is 3.66. The van der Waals surface area contributed by atoms with Crippen molar-refractivity contribution in [3.8, 4) is 0 Å². The molecule has 0 spiro atoms. The van der Waals surface area contributed by atoms with Crippen molar-refractivity contribution < 1.29 is 13.2 Å². The summed E-state index contributed by atoms with van der Waals surface area (Å²) in [6.45, 7) is 1.23. The van der Waals surface area contributed by atoms with E-state index in [1.54, 1.807) is 48.5 Å². The van der Waals surface area contributed by atoms with E-state index in [-0.39, 0.29) is 4.90 Å². The van der Waals surface area contributed by atoms with Crippen molar-refractivity contribution in [2.75, 3.05) is 4.31 Å². The number of hydrogen-bond acceptors (Lipinski definition) is 3. The van der Waals surface area contributed by atoms with Crippen LogP contribution < -0.4 is 4.31 Å². The Bertz CT molecular complexity index is 666. The van der Waals surface area contributed by atoms with Gasteiger partial charge in [-0.15, -0.1) is 0 Å². The van der Waals surface area contributed by atoms with E-state index in [1.165, 1.54) is 19.1 Å². The van der Waals surface area contributed by atoms with Gasteiger partial charge in [0.05, 0.1) is 10.6 Å². The summed E-state index contributed by atoms with van der Waals surface area (Å²) < 4.78 is 25.8. The van der Waals surface area contributed by atoms with E-state index in [1.807, 2.05) is 0 Å². The first-order chi connectivity index (χ1) is 9.03. The summed E-state index contributed by atoms with van der Waals surface area (Å²) >= 11 is 0. The molecule has 0 aliphatic heterocycles. The third kappa shape index (κ3) is 2.66. The lowest BCUT2D eigenvalue weighted by Crippen LogP contribution is -2.35. The molecular formula is C14H13NO3S. The molecule has 0 saturated carbocycles. The zero-order valence-corrected chi connectivity index (χ0v) is 11.2. The van der Waals surface area contributed by atoms with Gasteiger partial charge < -0.3 is 0 Å². The van der Waals surface area contributed by atoms with Gasteiger partial charge in [0.25, 0.3) is 10.0 Å². The van der Waals surface area contributed by atoms with E-state index in [0.717, 1.165) is 4.31 Å².